The monoisotopic (exact) mass is 174 g/mol. The molecule has 0 saturated heterocycles. The van der Waals surface area contributed by atoms with Gasteiger partial charge in [0.2, 0.25) is 0 Å². The fourth-order valence-corrected chi connectivity index (χ4v) is 1.61. The van der Waals surface area contributed by atoms with Crippen molar-refractivity contribution in [3.8, 4) is 0 Å². The number of hydrogen-bond donors (Lipinski definition) is 1. The first-order valence-electron chi connectivity index (χ1n) is 3.68. The third kappa shape index (κ3) is 1.56. The molecule has 0 bridgehead atoms. The van der Waals surface area contributed by atoms with Crippen molar-refractivity contribution in [3.05, 3.63) is 12.2 Å². The van der Waals surface area contributed by atoms with Crippen molar-refractivity contribution in [3.63, 3.8) is 0 Å². The molecule has 1 atom stereocenters. The predicted molar refractivity (Wildman–Crippen MR) is 43.8 cm³/mol. The summed E-state index contributed by atoms with van der Waals surface area (Å²) >= 11 is 5.60. The second-order valence-corrected chi connectivity index (χ2v) is 3.16. The van der Waals surface area contributed by atoms with Crippen LogP contribution in [0, 0.1) is 5.41 Å². The first-order valence-corrected chi connectivity index (χ1v) is 4.22. The van der Waals surface area contributed by atoms with E-state index in [1.54, 1.807) is 6.08 Å². The van der Waals surface area contributed by atoms with Crippen LogP contribution in [0.1, 0.15) is 19.3 Å². The van der Waals surface area contributed by atoms with Crippen LogP contribution >= 0.6 is 11.6 Å². The van der Waals surface area contributed by atoms with Gasteiger partial charge in [-0.1, -0.05) is 12.2 Å². The third-order valence-corrected chi connectivity index (χ3v) is 2.57. The predicted octanol–water partition coefficient (Wildman–Crippen LogP) is 2.04. The molecule has 3 heteroatoms. The summed E-state index contributed by atoms with van der Waals surface area (Å²) < 4.78 is 0. The second-order valence-electron chi connectivity index (χ2n) is 2.89. The molecule has 1 N–H and O–H groups in total. The zero-order valence-electron chi connectivity index (χ0n) is 6.22. The molecule has 0 fully saturated rings. The fourth-order valence-electron chi connectivity index (χ4n) is 1.27. The van der Waals surface area contributed by atoms with Crippen molar-refractivity contribution in [2.24, 2.45) is 5.41 Å². The maximum Gasteiger partial charge on any atom is 0.314 e. The van der Waals surface area contributed by atoms with Crippen LogP contribution in [0.3, 0.4) is 0 Å². The van der Waals surface area contributed by atoms with E-state index in [0.29, 0.717) is 6.42 Å². The molecule has 1 aliphatic carbocycles. The summed E-state index contributed by atoms with van der Waals surface area (Å²) in [6, 6.07) is 0. The Labute approximate surface area is 70.9 Å². The second kappa shape index (κ2) is 3.26. The highest BCUT2D eigenvalue weighted by Crippen LogP contribution is 2.32. The number of alkyl halides is 1. The van der Waals surface area contributed by atoms with E-state index in [1.807, 2.05) is 6.08 Å². The summed E-state index contributed by atoms with van der Waals surface area (Å²) in [5, 5.41) is 8.85. The van der Waals surface area contributed by atoms with Gasteiger partial charge in [-0.05, 0) is 19.3 Å². The average molecular weight is 175 g/mol. The molecule has 62 valence electrons. The Kier molecular flexibility index (Phi) is 2.55. The normalized spacial score (nSPS) is 30.3. The lowest BCUT2D eigenvalue weighted by Gasteiger charge is -2.25. The summed E-state index contributed by atoms with van der Waals surface area (Å²) in [4.78, 5) is 10.8. The Morgan fingerprint density at radius 3 is 2.73 bits per heavy atom. The average Bonchev–Trinajstić information content (AvgIpc) is 2.05. The lowest BCUT2D eigenvalue weighted by molar-refractivity contribution is -0.145. The van der Waals surface area contributed by atoms with E-state index < -0.39 is 11.4 Å². The summed E-state index contributed by atoms with van der Waals surface area (Å²) in [5.74, 6) is -0.623. The Bertz CT molecular complexity index is 189. The van der Waals surface area contributed by atoms with Gasteiger partial charge in [-0.25, -0.2) is 0 Å². The topological polar surface area (TPSA) is 37.3 Å². The Morgan fingerprint density at radius 1 is 1.73 bits per heavy atom. The lowest BCUT2D eigenvalue weighted by Crippen LogP contribution is -2.32. The van der Waals surface area contributed by atoms with Crippen LogP contribution < -0.4 is 0 Å². The van der Waals surface area contributed by atoms with E-state index >= 15 is 0 Å². The molecule has 0 aliphatic heterocycles. The highest BCUT2D eigenvalue weighted by molar-refractivity contribution is 6.20. The lowest BCUT2D eigenvalue weighted by atomic mass is 9.81. The number of aliphatic carboxylic acids is 1. The summed E-state index contributed by atoms with van der Waals surface area (Å²) in [5.41, 5.74) is -0.778. The van der Waals surface area contributed by atoms with Crippen LogP contribution in [0.5, 0.6) is 0 Å². The van der Waals surface area contributed by atoms with E-state index in [2.05, 4.69) is 0 Å². The SMILES string of the molecule is O=C(O)[C@@]1(CCl)C=CCCC1. The molecule has 0 amide bonds. The van der Waals surface area contributed by atoms with E-state index in [9.17, 15) is 4.79 Å². The first-order chi connectivity index (χ1) is 5.21. The molecule has 0 radical (unpaired) electrons. The van der Waals surface area contributed by atoms with Crippen LogP contribution in [-0.2, 0) is 4.79 Å². The third-order valence-electron chi connectivity index (χ3n) is 2.09. The van der Waals surface area contributed by atoms with Gasteiger partial charge in [-0.15, -0.1) is 11.6 Å². The molecule has 0 spiro atoms. The first kappa shape index (κ1) is 8.60. The van der Waals surface area contributed by atoms with Gasteiger partial charge in [-0.3, -0.25) is 4.79 Å². The van der Waals surface area contributed by atoms with Crippen LogP contribution in [-0.4, -0.2) is 17.0 Å². The molecular formula is C8H11ClO2. The van der Waals surface area contributed by atoms with Crippen molar-refractivity contribution in [1.29, 1.82) is 0 Å². The molecule has 0 unspecified atom stereocenters. The summed E-state index contributed by atoms with van der Waals surface area (Å²) in [6.07, 6.45) is 6.20. The van der Waals surface area contributed by atoms with Crippen LogP contribution in [0.15, 0.2) is 12.2 Å². The van der Waals surface area contributed by atoms with E-state index in [0.717, 1.165) is 12.8 Å². The van der Waals surface area contributed by atoms with Crippen LogP contribution in [0.25, 0.3) is 0 Å². The quantitative estimate of drug-likeness (QED) is 0.514. The van der Waals surface area contributed by atoms with Crippen LogP contribution in [0.4, 0.5) is 0 Å². The van der Waals surface area contributed by atoms with Gasteiger partial charge in [0.25, 0.3) is 0 Å². The van der Waals surface area contributed by atoms with Crippen molar-refractivity contribution < 1.29 is 9.90 Å². The zero-order valence-corrected chi connectivity index (χ0v) is 6.97. The minimum Gasteiger partial charge on any atom is -0.481 e. The smallest absolute Gasteiger partial charge is 0.314 e. The maximum atomic E-state index is 10.8. The van der Waals surface area contributed by atoms with E-state index in [-0.39, 0.29) is 5.88 Å². The number of carbonyl (C=O) groups is 1. The van der Waals surface area contributed by atoms with Gasteiger partial charge < -0.3 is 5.11 Å². The standard InChI is InChI=1S/C8H11ClO2/c9-6-8(7(10)11)4-2-1-3-5-8/h2,4H,1,3,5-6H2,(H,10,11)/t8-/m0/s1. The summed E-state index contributed by atoms with van der Waals surface area (Å²) in [7, 11) is 0. The van der Waals surface area contributed by atoms with Gasteiger partial charge in [0.05, 0.1) is 5.41 Å². The number of carboxylic acid groups (broad SMARTS) is 1. The van der Waals surface area contributed by atoms with E-state index in [4.69, 9.17) is 16.7 Å². The van der Waals surface area contributed by atoms with Crippen LogP contribution in [0.2, 0.25) is 0 Å². The molecule has 1 aliphatic rings. The largest absolute Gasteiger partial charge is 0.481 e. The number of carboxylic acids is 1. The molecule has 2 nitrogen and oxygen atoms in total. The molecule has 0 aromatic rings. The van der Waals surface area contributed by atoms with Crippen molar-refractivity contribution in [2.45, 2.75) is 19.3 Å². The number of allylic oxidation sites excluding steroid dienone is 1. The summed E-state index contributed by atoms with van der Waals surface area (Å²) in [6.45, 7) is 0. The Hall–Kier alpha value is -0.500. The minimum atomic E-state index is -0.802. The maximum absolute atomic E-state index is 10.8. The molecule has 0 aromatic carbocycles. The molecule has 1 rings (SSSR count). The fraction of sp³-hybridized carbons (Fsp3) is 0.625. The highest BCUT2D eigenvalue weighted by Gasteiger charge is 2.35. The van der Waals surface area contributed by atoms with Gasteiger partial charge >= 0.3 is 5.97 Å². The molecule has 11 heavy (non-hydrogen) atoms. The minimum absolute atomic E-state index is 0.179. The number of rotatable bonds is 2. The Morgan fingerprint density at radius 2 is 2.45 bits per heavy atom. The molecule has 0 aromatic heterocycles. The van der Waals surface area contributed by atoms with Gasteiger partial charge in [-0.2, -0.15) is 0 Å². The molecular weight excluding hydrogens is 164 g/mol. The van der Waals surface area contributed by atoms with E-state index in [1.165, 1.54) is 0 Å². The van der Waals surface area contributed by atoms with Crippen molar-refractivity contribution in [1.82, 2.24) is 0 Å². The highest BCUT2D eigenvalue weighted by atomic mass is 35.5. The van der Waals surface area contributed by atoms with Gasteiger partial charge in [0, 0.05) is 5.88 Å². The van der Waals surface area contributed by atoms with Crippen molar-refractivity contribution in [2.75, 3.05) is 5.88 Å². The van der Waals surface area contributed by atoms with Gasteiger partial charge in [0.15, 0.2) is 0 Å². The molecule has 0 saturated carbocycles. The number of halogens is 1. The molecule has 0 heterocycles. The van der Waals surface area contributed by atoms with Crippen molar-refractivity contribution >= 4 is 17.6 Å². The Balaban J connectivity index is 2.81. The number of hydrogen-bond acceptors (Lipinski definition) is 1. The van der Waals surface area contributed by atoms with Gasteiger partial charge in [0.1, 0.15) is 0 Å². The zero-order chi connectivity index (χ0) is 8.32.